The SMILES string of the molecule is O=C(c1ccc(Cl)cc1)[C@H](CCCl)N(C(=O)c1ccccc1Cl)N1C(=O)[C@H]2C3c4ccccc4C(c4ccccc43)[C@@H]2C1=O. The molecule has 0 spiro atoms. The normalized spacial score (nSPS) is 21.8. The molecule has 44 heavy (non-hydrogen) atoms. The summed E-state index contributed by atoms with van der Waals surface area (Å²) in [4.78, 5) is 57.9. The first-order chi connectivity index (χ1) is 21.3. The number of nitrogens with zero attached hydrogens (tertiary/aromatic N) is 2. The molecule has 3 atom stereocenters. The molecule has 1 saturated heterocycles. The fraction of sp³-hybridized carbons (Fsp3) is 0.200. The van der Waals surface area contributed by atoms with E-state index in [9.17, 15) is 19.2 Å². The summed E-state index contributed by atoms with van der Waals surface area (Å²) in [6.07, 6.45) is -0.0150. The van der Waals surface area contributed by atoms with Crippen LogP contribution in [0.3, 0.4) is 0 Å². The largest absolute Gasteiger partial charge is 0.292 e. The van der Waals surface area contributed by atoms with Gasteiger partial charge in [0.1, 0.15) is 6.04 Å². The molecule has 1 heterocycles. The summed E-state index contributed by atoms with van der Waals surface area (Å²) < 4.78 is 0. The zero-order valence-electron chi connectivity index (χ0n) is 23.2. The van der Waals surface area contributed by atoms with Crippen LogP contribution in [0.25, 0.3) is 0 Å². The fourth-order valence-electron chi connectivity index (χ4n) is 7.28. The molecule has 2 bridgehead atoms. The number of Topliss-reactive ketones (excluding diaryl/α,β-unsaturated/α-hetero) is 1. The summed E-state index contributed by atoms with van der Waals surface area (Å²) in [5.74, 6) is -4.54. The topological polar surface area (TPSA) is 74.8 Å². The second-order valence-corrected chi connectivity index (χ2v) is 12.5. The minimum Gasteiger partial charge on any atom is -0.292 e. The van der Waals surface area contributed by atoms with Gasteiger partial charge in [0.2, 0.25) is 0 Å². The highest BCUT2D eigenvalue weighted by atomic mass is 35.5. The molecule has 0 radical (unpaired) electrons. The van der Waals surface area contributed by atoms with Crippen LogP contribution < -0.4 is 0 Å². The van der Waals surface area contributed by atoms with E-state index in [1.165, 1.54) is 6.07 Å². The molecule has 220 valence electrons. The van der Waals surface area contributed by atoms with E-state index in [1.54, 1.807) is 42.5 Å². The minimum absolute atomic E-state index is 0.0124. The van der Waals surface area contributed by atoms with E-state index in [0.717, 1.165) is 32.3 Å². The Kier molecular flexibility index (Phi) is 7.32. The Morgan fingerprint density at radius 2 is 1.18 bits per heavy atom. The van der Waals surface area contributed by atoms with E-state index < -0.39 is 41.4 Å². The molecule has 0 unspecified atom stereocenters. The number of halogens is 3. The molecule has 0 aromatic heterocycles. The van der Waals surface area contributed by atoms with Crippen LogP contribution in [-0.4, -0.2) is 45.4 Å². The fourth-order valence-corrected chi connectivity index (χ4v) is 7.83. The maximum atomic E-state index is 14.7. The van der Waals surface area contributed by atoms with Gasteiger partial charge in [-0.1, -0.05) is 83.9 Å². The van der Waals surface area contributed by atoms with E-state index in [2.05, 4.69) is 0 Å². The summed E-state index contributed by atoms with van der Waals surface area (Å²) in [6.45, 7) is 0. The first kappa shape index (κ1) is 28.8. The summed E-state index contributed by atoms with van der Waals surface area (Å²) in [5.41, 5.74) is 4.32. The van der Waals surface area contributed by atoms with Crippen molar-refractivity contribution in [1.29, 1.82) is 0 Å². The third kappa shape index (κ3) is 4.31. The summed E-state index contributed by atoms with van der Waals surface area (Å²) in [6, 6.07) is 27.1. The van der Waals surface area contributed by atoms with E-state index in [1.807, 2.05) is 48.5 Å². The molecule has 9 heteroatoms. The molecule has 3 aliphatic carbocycles. The minimum atomic E-state index is -1.27. The number of hydrogen-bond donors (Lipinski definition) is 0. The molecule has 4 aromatic carbocycles. The number of carbonyl (C=O) groups is 4. The number of amides is 3. The van der Waals surface area contributed by atoms with Crippen molar-refractivity contribution in [2.24, 2.45) is 11.8 Å². The standard InChI is InChI=1S/C35H25Cl3N2O4/c36-18-17-27(32(41)19-13-15-20(37)16-14-19)39(33(42)25-11-5-6-12-26(25)38)40-34(43)30-28-21-7-1-2-8-22(21)29(31(30)35(40)44)24-10-4-3-9-23(24)28/h1-16,27-31H,17-18H2/t27-,28?,29?,30-,31-/m0/s1. The molecule has 0 N–H and O–H groups in total. The van der Waals surface area contributed by atoms with Gasteiger partial charge in [-0.15, -0.1) is 11.6 Å². The lowest BCUT2D eigenvalue weighted by atomic mass is 9.55. The molecule has 4 aromatic rings. The van der Waals surface area contributed by atoms with Crippen LogP contribution in [-0.2, 0) is 9.59 Å². The van der Waals surface area contributed by atoms with E-state index in [4.69, 9.17) is 34.8 Å². The molecule has 3 amide bonds. The number of hydrazine groups is 1. The zero-order chi connectivity index (χ0) is 30.7. The van der Waals surface area contributed by atoms with Crippen molar-refractivity contribution in [3.63, 3.8) is 0 Å². The Balaban J connectivity index is 1.39. The number of alkyl halides is 1. The molecule has 1 fully saturated rings. The number of rotatable bonds is 7. The van der Waals surface area contributed by atoms with E-state index in [0.29, 0.717) is 5.02 Å². The second-order valence-electron chi connectivity index (χ2n) is 11.2. The number of benzene rings is 4. The molecule has 1 aliphatic heterocycles. The van der Waals surface area contributed by atoms with Crippen LogP contribution >= 0.6 is 34.8 Å². The molecular formula is C35H25Cl3N2O4. The van der Waals surface area contributed by atoms with Gasteiger partial charge in [0.15, 0.2) is 5.78 Å². The maximum absolute atomic E-state index is 14.7. The van der Waals surface area contributed by atoms with Crippen LogP contribution in [0.15, 0.2) is 97.1 Å². The lowest BCUT2D eigenvalue weighted by molar-refractivity contribution is -0.156. The zero-order valence-corrected chi connectivity index (χ0v) is 25.5. The molecular weight excluding hydrogens is 619 g/mol. The van der Waals surface area contributed by atoms with Gasteiger partial charge in [-0.25, -0.2) is 5.01 Å². The molecule has 8 rings (SSSR count). The molecule has 0 saturated carbocycles. The van der Waals surface area contributed by atoms with Gasteiger partial charge >= 0.3 is 0 Å². The highest BCUT2D eigenvalue weighted by Crippen LogP contribution is 2.61. The average molecular weight is 644 g/mol. The van der Waals surface area contributed by atoms with Crippen LogP contribution in [0, 0.1) is 11.8 Å². The quantitative estimate of drug-likeness (QED) is 0.122. The lowest BCUT2D eigenvalue weighted by Gasteiger charge is -2.45. The Labute approximate surface area is 269 Å². The average Bonchev–Trinajstić information content (AvgIpc) is 3.30. The lowest BCUT2D eigenvalue weighted by Crippen LogP contribution is -2.57. The van der Waals surface area contributed by atoms with Crippen LogP contribution in [0.1, 0.15) is 61.2 Å². The van der Waals surface area contributed by atoms with Crippen molar-refractivity contribution >= 4 is 58.3 Å². The molecule has 6 nitrogen and oxygen atoms in total. The first-order valence-electron chi connectivity index (χ1n) is 14.3. The Hall–Kier alpha value is -3.97. The van der Waals surface area contributed by atoms with Crippen LogP contribution in [0.2, 0.25) is 10.0 Å². The van der Waals surface area contributed by atoms with E-state index in [-0.39, 0.29) is 40.3 Å². The first-order valence-corrected chi connectivity index (χ1v) is 15.6. The smallest absolute Gasteiger partial charge is 0.275 e. The van der Waals surface area contributed by atoms with Gasteiger partial charge in [0, 0.05) is 28.3 Å². The van der Waals surface area contributed by atoms with Crippen LogP contribution in [0.5, 0.6) is 0 Å². The number of hydrogen-bond acceptors (Lipinski definition) is 4. The summed E-state index contributed by atoms with van der Waals surface area (Å²) >= 11 is 18.8. The third-order valence-electron chi connectivity index (χ3n) is 9.06. The highest BCUT2D eigenvalue weighted by molar-refractivity contribution is 6.34. The number of carbonyl (C=O) groups excluding carboxylic acids is 4. The van der Waals surface area contributed by atoms with Gasteiger partial charge in [-0.2, -0.15) is 5.01 Å². The van der Waals surface area contributed by atoms with Crippen molar-refractivity contribution in [3.05, 3.63) is 140 Å². The van der Waals surface area contributed by atoms with Gasteiger partial charge in [-0.05, 0) is 65.1 Å². The second kappa shape index (κ2) is 11.2. The van der Waals surface area contributed by atoms with Gasteiger partial charge < -0.3 is 0 Å². The maximum Gasteiger partial charge on any atom is 0.275 e. The number of imide groups is 1. The highest BCUT2D eigenvalue weighted by Gasteiger charge is 2.63. The van der Waals surface area contributed by atoms with Crippen molar-refractivity contribution in [2.75, 3.05) is 5.88 Å². The van der Waals surface area contributed by atoms with Gasteiger partial charge in [0.05, 0.1) is 22.4 Å². The monoisotopic (exact) mass is 642 g/mol. The summed E-state index contributed by atoms with van der Waals surface area (Å²) in [5, 5.41) is 2.49. The van der Waals surface area contributed by atoms with Gasteiger partial charge in [0.25, 0.3) is 17.7 Å². The third-order valence-corrected chi connectivity index (χ3v) is 9.86. The molecule has 4 aliphatic rings. The predicted octanol–water partition coefficient (Wildman–Crippen LogP) is 7.12. The Morgan fingerprint density at radius 1 is 0.705 bits per heavy atom. The van der Waals surface area contributed by atoms with Crippen molar-refractivity contribution in [2.45, 2.75) is 24.3 Å². The van der Waals surface area contributed by atoms with Crippen molar-refractivity contribution in [1.82, 2.24) is 10.0 Å². The van der Waals surface area contributed by atoms with Gasteiger partial charge in [-0.3, -0.25) is 19.2 Å². The predicted molar refractivity (Wildman–Crippen MR) is 168 cm³/mol. The Morgan fingerprint density at radius 3 is 1.66 bits per heavy atom. The van der Waals surface area contributed by atoms with Crippen molar-refractivity contribution in [3.8, 4) is 0 Å². The summed E-state index contributed by atoms with van der Waals surface area (Å²) in [7, 11) is 0. The number of ketones is 1. The van der Waals surface area contributed by atoms with Crippen molar-refractivity contribution < 1.29 is 19.2 Å². The van der Waals surface area contributed by atoms with Crippen LogP contribution in [0.4, 0.5) is 0 Å². The van der Waals surface area contributed by atoms with E-state index >= 15 is 0 Å². The Bertz CT molecular complexity index is 1730.